The number of benzene rings is 3. The number of fused-ring (bicyclic) bond motifs is 3. The Morgan fingerprint density at radius 3 is 2.50 bits per heavy atom. The van der Waals surface area contributed by atoms with E-state index in [0.717, 1.165) is 39.7 Å². The van der Waals surface area contributed by atoms with Crippen molar-refractivity contribution in [3.63, 3.8) is 0 Å². The van der Waals surface area contributed by atoms with Crippen LogP contribution in [0.25, 0.3) is 0 Å². The fourth-order valence-electron chi connectivity index (χ4n) is 4.27. The largest absolute Gasteiger partial charge is 0.497 e. The van der Waals surface area contributed by atoms with E-state index in [1.807, 2.05) is 65.7 Å². The smallest absolute Gasteiger partial charge is 0.217 e. The van der Waals surface area contributed by atoms with Crippen LogP contribution in [0.5, 0.6) is 23.0 Å². The summed E-state index contributed by atoms with van der Waals surface area (Å²) in [6.45, 7) is 0. The van der Waals surface area contributed by atoms with Gasteiger partial charge in [0.05, 0.1) is 38.6 Å². The minimum Gasteiger partial charge on any atom is -0.497 e. The van der Waals surface area contributed by atoms with Gasteiger partial charge in [0, 0.05) is 22.6 Å². The minimum absolute atomic E-state index is 0.0282. The van der Waals surface area contributed by atoms with E-state index in [-0.39, 0.29) is 6.04 Å². The topological polar surface area (TPSA) is 52.5 Å². The number of methoxy groups -OCH3 is 3. The Kier molecular flexibility index (Phi) is 5.31. The molecule has 0 bridgehead atoms. The van der Waals surface area contributed by atoms with Gasteiger partial charge in [-0.1, -0.05) is 23.7 Å². The summed E-state index contributed by atoms with van der Waals surface area (Å²) in [5, 5.41) is 7.66. The van der Waals surface area contributed by atoms with Crippen LogP contribution >= 0.6 is 11.6 Å². The predicted molar refractivity (Wildman–Crippen MR) is 123 cm³/mol. The van der Waals surface area contributed by atoms with Gasteiger partial charge in [0.1, 0.15) is 23.0 Å². The van der Waals surface area contributed by atoms with Gasteiger partial charge in [0.2, 0.25) is 6.23 Å². The van der Waals surface area contributed by atoms with E-state index in [9.17, 15) is 0 Å². The molecule has 0 saturated carbocycles. The second kappa shape index (κ2) is 8.28. The van der Waals surface area contributed by atoms with Crippen LogP contribution in [-0.4, -0.2) is 32.0 Å². The maximum Gasteiger partial charge on any atom is 0.217 e. The van der Waals surface area contributed by atoms with Gasteiger partial charge in [0.25, 0.3) is 0 Å². The molecule has 3 aromatic carbocycles. The molecule has 0 N–H and O–H groups in total. The predicted octanol–water partition coefficient (Wildman–Crippen LogP) is 5.61. The molecule has 3 aromatic rings. The van der Waals surface area contributed by atoms with Crippen molar-refractivity contribution in [3.05, 3.63) is 82.4 Å². The zero-order valence-electron chi connectivity index (χ0n) is 18.0. The lowest BCUT2D eigenvalue weighted by molar-refractivity contribution is -0.0204. The number of hydrogen-bond donors (Lipinski definition) is 0. The SMILES string of the molecule is COc1cccc(C2=NN3[C@H](C2)c2cc(Cl)ccc2O[C@@H]3c2cc(OC)ccc2OC)c1. The molecule has 0 radical (unpaired) electrons. The Morgan fingerprint density at radius 1 is 0.906 bits per heavy atom. The molecule has 0 unspecified atom stereocenters. The first-order valence-corrected chi connectivity index (χ1v) is 10.7. The molecule has 0 amide bonds. The van der Waals surface area contributed by atoms with Crippen molar-refractivity contribution in [3.8, 4) is 23.0 Å². The van der Waals surface area contributed by atoms with Crippen molar-refractivity contribution in [1.29, 1.82) is 0 Å². The average Bonchev–Trinajstić information content (AvgIpc) is 3.29. The summed E-state index contributed by atoms with van der Waals surface area (Å²) in [5.74, 6) is 3.00. The van der Waals surface area contributed by atoms with Crippen LogP contribution < -0.4 is 18.9 Å². The van der Waals surface area contributed by atoms with Crippen LogP contribution in [-0.2, 0) is 0 Å². The van der Waals surface area contributed by atoms with Gasteiger partial charge >= 0.3 is 0 Å². The lowest BCUT2D eigenvalue weighted by Crippen LogP contribution is -2.34. The maximum atomic E-state index is 6.46. The lowest BCUT2D eigenvalue weighted by Gasteiger charge is -2.38. The third-order valence-electron chi connectivity index (χ3n) is 5.86. The second-order valence-electron chi connectivity index (χ2n) is 7.64. The number of hydrogen-bond acceptors (Lipinski definition) is 6. The van der Waals surface area contributed by atoms with Crippen molar-refractivity contribution in [2.24, 2.45) is 5.10 Å². The van der Waals surface area contributed by atoms with E-state index in [1.165, 1.54) is 0 Å². The Morgan fingerprint density at radius 2 is 1.72 bits per heavy atom. The summed E-state index contributed by atoms with van der Waals surface area (Å²) in [6.07, 6.45) is 0.231. The van der Waals surface area contributed by atoms with Crippen molar-refractivity contribution in [2.45, 2.75) is 18.7 Å². The van der Waals surface area contributed by atoms with E-state index in [2.05, 4.69) is 0 Å². The molecule has 0 aromatic heterocycles. The Bertz CT molecular complexity index is 1200. The van der Waals surface area contributed by atoms with E-state index < -0.39 is 6.23 Å². The van der Waals surface area contributed by atoms with E-state index in [1.54, 1.807) is 21.3 Å². The molecule has 0 saturated heterocycles. The molecule has 2 heterocycles. The molecule has 2 atom stereocenters. The van der Waals surface area contributed by atoms with Gasteiger partial charge < -0.3 is 18.9 Å². The fourth-order valence-corrected chi connectivity index (χ4v) is 4.45. The standard InChI is InChI=1S/C25H23ClN2O4/c1-29-17-6-4-5-15(11-17)21-14-22-19-12-16(26)7-9-24(19)32-25(28(22)27-21)20-13-18(30-2)8-10-23(20)31-3/h4-13,22,25H,14H2,1-3H3/t22-,25-/m1/s1. The highest BCUT2D eigenvalue weighted by atomic mass is 35.5. The third-order valence-corrected chi connectivity index (χ3v) is 6.09. The molecule has 6 nitrogen and oxygen atoms in total. The summed E-state index contributed by atoms with van der Waals surface area (Å²) in [5.41, 5.74) is 3.82. The monoisotopic (exact) mass is 450 g/mol. The number of rotatable bonds is 5. The van der Waals surface area contributed by atoms with Crippen LogP contribution in [0.2, 0.25) is 5.02 Å². The van der Waals surface area contributed by atoms with Crippen molar-refractivity contribution >= 4 is 17.3 Å². The molecule has 2 aliphatic heterocycles. The van der Waals surface area contributed by atoms with Crippen molar-refractivity contribution in [1.82, 2.24) is 5.01 Å². The zero-order chi connectivity index (χ0) is 22.2. The molecule has 7 heteroatoms. The molecule has 0 fully saturated rings. The first kappa shape index (κ1) is 20.5. The maximum absolute atomic E-state index is 6.46. The summed E-state index contributed by atoms with van der Waals surface area (Å²) in [7, 11) is 4.95. The molecule has 5 rings (SSSR count). The molecule has 0 spiro atoms. The van der Waals surface area contributed by atoms with Gasteiger partial charge in [-0.15, -0.1) is 0 Å². The van der Waals surface area contributed by atoms with Crippen LogP contribution in [0.4, 0.5) is 0 Å². The zero-order valence-corrected chi connectivity index (χ0v) is 18.8. The fraction of sp³-hybridized carbons (Fsp3) is 0.240. The van der Waals surface area contributed by atoms with Crippen LogP contribution in [0.1, 0.15) is 35.4 Å². The van der Waals surface area contributed by atoms with Gasteiger partial charge in [0.15, 0.2) is 0 Å². The number of ether oxygens (including phenoxy) is 4. The van der Waals surface area contributed by atoms with Crippen molar-refractivity contribution in [2.75, 3.05) is 21.3 Å². The lowest BCUT2D eigenvalue weighted by atomic mass is 9.95. The molecular weight excluding hydrogens is 428 g/mol. The molecule has 164 valence electrons. The Balaban J connectivity index is 1.63. The first-order valence-electron chi connectivity index (χ1n) is 10.3. The summed E-state index contributed by atoms with van der Waals surface area (Å²) in [6, 6.07) is 19.3. The number of hydrazone groups is 1. The number of halogens is 1. The first-order chi connectivity index (χ1) is 15.6. The second-order valence-corrected chi connectivity index (χ2v) is 8.08. The normalized spacial score (nSPS) is 18.9. The Labute approximate surface area is 191 Å². The quantitative estimate of drug-likeness (QED) is 0.505. The van der Waals surface area contributed by atoms with Crippen LogP contribution in [0.3, 0.4) is 0 Å². The van der Waals surface area contributed by atoms with E-state index in [0.29, 0.717) is 17.2 Å². The highest BCUT2D eigenvalue weighted by molar-refractivity contribution is 6.30. The van der Waals surface area contributed by atoms with Crippen LogP contribution in [0, 0.1) is 0 Å². The minimum atomic E-state index is -0.484. The van der Waals surface area contributed by atoms with E-state index in [4.69, 9.17) is 35.6 Å². The molecular formula is C25H23ClN2O4. The highest BCUT2D eigenvalue weighted by Gasteiger charge is 2.42. The van der Waals surface area contributed by atoms with Gasteiger partial charge in [-0.05, 0) is 48.5 Å². The molecule has 2 aliphatic rings. The molecule has 0 aliphatic carbocycles. The summed E-state index contributed by atoms with van der Waals surface area (Å²) in [4.78, 5) is 0. The summed E-state index contributed by atoms with van der Waals surface area (Å²) >= 11 is 6.34. The van der Waals surface area contributed by atoms with Gasteiger partial charge in [-0.2, -0.15) is 5.10 Å². The summed E-state index contributed by atoms with van der Waals surface area (Å²) < 4.78 is 23.0. The average molecular weight is 451 g/mol. The third kappa shape index (κ3) is 3.50. The highest BCUT2D eigenvalue weighted by Crippen LogP contribution is 2.50. The Hall–Kier alpha value is -3.38. The van der Waals surface area contributed by atoms with Gasteiger partial charge in [-0.3, -0.25) is 0 Å². The number of nitrogens with zero attached hydrogens (tertiary/aromatic N) is 2. The van der Waals surface area contributed by atoms with E-state index >= 15 is 0 Å². The van der Waals surface area contributed by atoms with Crippen LogP contribution in [0.15, 0.2) is 65.8 Å². The van der Waals surface area contributed by atoms with Gasteiger partial charge in [-0.25, -0.2) is 5.01 Å². The molecule has 32 heavy (non-hydrogen) atoms. The van der Waals surface area contributed by atoms with Crippen molar-refractivity contribution < 1.29 is 18.9 Å².